The lowest BCUT2D eigenvalue weighted by Gasteiger charge is -2.11. The Morgan fingerprint density at radius 3 is 2.71 bits per heavy atom. The van der Waals surface area contributed by atoms with Crippen LogP contribution in [0.25, 0.3) is 10.6 Å². The molecule has 124 valence electrons. The largest absolute Gasteiger partial charge is 0.384 e. The van der Waals surface area contributed by atoms with Crippen molar-refractivity contribution < 1.29 is 14.4 Å². The van der Waals surface area contributed by atoms with Crippen molar-refractivity contribution in [2.45, 2.75) is 26.0 Å². The van der Waals surface area contributed by atoms with Gasteiger partial charge in [0.05, 0.1) is 6.54 Å². The summed E-state index contributed by atoms with van der Waals surface area (Å²) in [6.07, 6.45) is 0. The van der Waals surface area contributed by atoms with Gasteiger partial charge >= 0.3 is 0 Å². The summed E-state index contributed by atoms with van der Waals surface area (Å²) in [7, 11) is 0. The minimum atomic E-state index is -1.16. The van der Waals surface area contributed by atoms with Crippen LogP contribution in [-0.2, 0) is 12.1 Å². The first-order chi connectivity index (χ1) is 11.4. The van der Waals surface area contributed by atoms with Crippen molar-refractivity contribution in [2.75, 3.05) is 0 Å². The van der Waals surface area contributed by atoms with Gasteiger partial charge < -0.3 is 14.9 Å². The molecular weight excluding hydrogens is 328 g/mol. The predicted molar refractivity (Wildman–Crippen MR) is 88.3 cm³/mol. The Labute approximate surface area is 142 Å². The highest BCUT2D eigenvalue weighted by atomic mass is 32.1. The van der Waals surface area contributed by atoms with Crippen molar-refractivity contribution in [1.29, 1.82) is 0 Å². The van der Waals surface area contributed by atoms with Gasteiger partial charge in [-0.2, -0.15) is 0 Å². The fourth-order valence-corrected chi connectivity index (χ4v) is 2.72. The number of aromatic nitrogens is 3. The second kappa shape index (κ2) is 6.50. The average Bonchev–Trinajstić information content (AvgIpc) is 3.22. The van der Waals surface area contributed by atoms with Crippen LogP contribution in [0.2, 0.25) is 0 Å². The summed E-state index contributed by atoms with van der Waals surface area (Å²) in [5, 5.41) is 25.9. The Bertz CT molecular complexity index is 836. The molecule has 0 aliphatic heterocycles. The number of carbonyl (C=O) groups is 1. The van der Waals surface area contributed by atoms with Crippen molar-refractivity contribution in [2.24, 2.45) is 0 Å². The Morgan fingerprint density at radius 1 is 1.29 bits per heavy atom. The van der Waals surface area contributed by atoms with Crippen LogP contribution in [0, 0.1) is 0 Å². The molecule has 0 atom stereocenters. The number of rotatable bonds is 5. The number of amides is 1. The second-order valence-electron chi connectivity index (χ2n) is 5.69. The summed E-state index contributed by atoms with van der Waals surface area (Å²) in [6.45, 7) is 3.37. The lowest BCUT2D eigenvalue weighted by Crippen LogP contribution is -2.22. The van der Waals surface area contributed by atoms with E-state index in [9.17, 15) is 9.90 Å². The van der Waals surface area contributed by atoms with Crippen LogP contribution < -0.4 is 5.32 Å². The maximum atomic E-state index is 12.1. The highest BCUT2D eigenvalue weighted by Gasteiger charge is 2.23. The van der Waals surface area contributed by atoms with E-state index in [0.29, 0.717) is 10.7 Å². The minimum absolute atomic E-state index is 0.0416. The fraction of sp³-hybridized carbons (Fsp3) is 0.250. The summed E-state index contributed by atoms with van der Waals surface area (Å²) in [4.78, 5) is 12.1. The van der Waals surface area contributed by atoms with Crippen molar-refractivity contribution in [3.05, 3.63) is 52.9 Å². The summed E-state index contributed by atoms with van der Waals surface area (Å²) < 4.78 is 4.96. The summed E-state index contributed by atoms with van der Waals surface area (Å²) in [5.41, 5.74) is 0.124. The molecule has 0 saturated carbocycles. The lowest BCUT2D eigenvalue weighted by atomic mass is 10.1. The molecule has 2 aromatic heterocycles. The van der Waals surface area contributed by atoms with Crippen molar-refractivity contribution in [1.82, 2.24) is 20.7 Å². The molecule has 0 aliphatic rings. The number of aliphatic hydroxyl groups is 1. The van der Waals surface area contributed by atoms with E-state index in [-0.39, 0.29) is 12.3 Å². The fourth-order valence-electron chi connectivity index (χ4n) is 1.94. The minimum Gasteiger partial charge on any atom is -0.384 e. The number of hydrogen-bond donors (Lipinski definition) is 2. The van der Waals surface area contributed by atoms with Gasteiger partial charge in [-0.1, -0.05) is 46.8 Å². The molecule has 3 aromatic rings. The third-order valence-electron chi connectivity index (χ3n) is 3.25. The molecule has 3 rings (SSSR count). The molecule has 0 fully saturated rings. The number of nitrogens with zero attached hydrogens (tertiary/aromatic N) is 3. The maximum absolute atomic E-state index is 12.1. The van der Waals surface area contributed by atoms with Crippen LogP contribution in [0.4, 0.5) is 0 Å². The van der Waals surface area contributed by atoms with Gasteiger partial charge in [-0.05, 0) is 13.8 Å². The quantitative estimate of drug-likeness (QED) is 0.737. The lowest BCUT2D eigenvalue weighted by molar-refractivity contribution is 0.0696. The van der Waals surface area contributed by atoms with E-state index >= 15 is 0 Å². The molecular formula is C16H16N4O3S. The Kier molecular flexibility index (Phi) is 4.41. The molecule has 0 radical (unpaired) electrons. The van der Waals surface area contributed by atoms with Gasteiger partial charge in [0.25, 0.3) is 5.91 Å². The van der Waals surface area contributed by atoms with E-state index in [1.807, 2.05) is 30.3 Å². The van der Waals surface area contributed by atoms with E-state index in [1.165, 1.54) is 17.4 Å². The van der Waals surface area contributed by atoms with Crippen molar-refractivity contribution >= 4 is 17.2 Å². The zero-order valence-electron chi connectivity index (χ0n) is 13.2. The summed E-state index contributed by atoms with van der Waals surface area (Å²) >= 11 is 1.41. The summed E-state index contributed by atoms with van der Waals surface area (Å²) in [5.74, 6) is -0.380. The number of benzene rings is 1. The normalized spacial score (nSPS) is 11.5. The Hall–Kier alpha value is -2.58. The molecule has 2 heterocycles. The highest BCUT2D eigenvalue weighted by molar-refractivity contribution is 7.14. The third kappa shape index (κ3) is 3.66. The standard InChI is InChI=1S/C16H16N4O3S/c1-16(2,22)12-8-11(23-20-12)14(21)17-9-13-18-19-15(24-13)10-6-4-3-5-7-10/h3-8,22H,9H2,1-2H3,(H,17,21). The first kappa shape index (κ1) is 16.3. The SMILES string of the molecule is CC(C)(O)c1cc(C(=O)NCc2nnc(-c3ccccc3)s2)on1. The van der Waals surface area contributed by atoms with Gasteiger partial charge in [0.2, 0.25) is 5.76 Å². The van der Waals surface area contributed by atoms with Gasteiger partial charge in [0.15, 0.2) is 0 Å². The number of hydrogen-bond acceptors (Lipinski definition) is 7. The molecule has 8 heteroatoms. The summed E-state index contributed by atoms with van der Waals surface area (Å²) in [6, 6.07) is 11.1. The molecule has 0 bridgehead atoms. The molecule has 0 unspecified atom stereocenters. The Balaban J connectivity index is 1.63. The Morgan fingerprint density at radius 2 is 2.04 bits per heavy atom. The van der Waals surface area contributed by atoms with E-state index in [2.05, 4.69) is 20.7 Å². The second-order valence-corrected chi connectivity index (χ2v) is 6.75. The van der Waals surface area contributed by atoms with E-state index in [1.54, 1.807) is 13.8 Å². The maximum Gasteiger partial charge on any atom is 0.290 e. The monoisotopic (exact) mass is 344 g/mol. The van der Waals surface area contributed by atoms with E-state index in [0.717, 1.165) is 10.6 Å². The molecule has 7 nitrogen and oxygen atoms in total. The van der Waals surface area contributed by atoms with Gasteiger partial charge in [0, 0.05) is 11.6 Å². The van der Waals surface area contributed by atoms with Crippen LogP contribution in [0.15, 0.2) is 40.9 Å². The van der Waals surface area contributed by atoms with Gasteiger partial charge in [-0.15, -0.1) is 10.2 Å². The van der Waals surface area contributed by atoms with Gasteiger partial charge in [0.1, 0.15) is 21.3 Å². The van der Waals surface area contributed by atoms with Crippen molar-refractivity contribution in [3.63, 3.8) is 0 Å². The van der Waals surface area contributed by atoms with Crippen LogP contribution in [0.1, 0.15) is 35.1 Å². The molecule has 1 amide bonds. The molecule has 0 aliphatic carbocycles. The smallest absolute Gasteiger partial charge is 0.290 e. The third-order valence-corrected chi connectivity index (χ3v) is 4.22. The van der Waals surface area contributed by atoms with E-state index < -0.39 is 11.5 Å². The van der Waals surface area contributed by atoms with Gasteiger partial charge in [-0.3, -0.25) is 4.79 Å². The highest BCUT2D eigenvalue weighted by Crippen LogP contribution is 2.23. The number of carbonyl (C=O) groups excluding carboxylic acids is 1. The van der Waals surface area contributed by atoms with Crippen LogP contribution >= 0.6 is 11.3 Å². The first-order valence-electron chi connectivity index (χ1n) is 7.29. The van der Waals surface area contributed by atoms with Gasteiger partial charge in [-0.25, -0.2) is 0 Å². The number of nitrogens with one attached hydrogen (secondary N) is 1. The van der Waals surface area contributed by atoms with Crippen LogP contribution in [0.3, 0.4) is 0 Å². The van der Waals surface area contributed by atoms with E-state index in [4.69, 9.17) is 4.52 Å². The first-order valence-corrected chi connectivity index (χ1v) is 8.11. The molecule has 0 saturated heterocycles. The zero-order chi connectivity index (χ0) is 17.2. The molecule has 1 aromatic carbocycles. The topological polar surface area (TPSA) is 101 Å². The molecule has 0 spiro atoms. The average molecular weight is 344 g/mol. The predicted octanol–water partition coefficient (Wildman–Crippen LogP) is 2.35. The molecule has 2 N–H and O–H groups in total. The van der Waals surface area contributed by atoms with Crippen molar-refractivity contribution in [3.8, 4) is 10.6 Å². The zero-order valence-corrected chi connectivity index (χ0v) is 14.0. The van der Waals surface area contributed by atoms with Crippen LogP contribution in [0.5, 0.6) is 0 Å². The molecule has 24 heavy (non-hydrogen) atoms. The van der Waals surface area contributed by atoms with Crippen LogP contribution in [-0.4, -0.2) is 26.4 Å².